The average molecular weight is 522 g/mol. The van der Waals surface area contributed by atoms with Crippen LogP contribution in [0, 0.1) is 5.41 Å². The van der Waals surface area contributed by atoms with E-state index in [9.17, 15) is 18.0 Å². The van der Waals surface area contributed by atoms with Crippen LogP contribution in [0.4, 0.5) is 5.69 Å². The molecule has 1 aliphatic heterocycles. The number of nitrogen functional groups attached to an aromatic ring is 1. The average Bonchev–Trinajstić information content (AvgIpc) is 2.92. The minimum atomic E-state index is -3.98. The summed E-state index contributed by atoms with van der Waals surface area (Å²) in [5, 5.41) is 9.28. The van der Waals surface area contributed by atoms with Crippen molar-refractivity contribution in [1.29, 1.82) is 5.41 Å². The lowest BCUT2D eigenvalue weighted by Crippen LogP contribution is -2.53. The number of nitrogens with two attached hydrogens (primary N) is 1. The van der Waals surface area contributed by atoms with Crippen LogP contribution >= 0.6 is 0 Å². The largest absolute Gasteiger partial charge is 0.384 e. The number of likely N-dealkylation sites (tertiary alicyclic amines) is 1. The maximum absolute atomic E-state index is 13.4. The second-order valence-corrected chi connectivity index (χ2v) is 10.9. The van der Waals surface area contributed by atoms with Gasteiger partial charge >= 0.3 is 0 Å². The van der Waals surface area contributed by atoms with E-state index in [1.165, 1.54) is 11.0 Å². The molecule has 4 rings (SSSR count). The minimum absolute atomic E-state index is 0.0498. The van der Waals surface area contributed by atoms with Crippen LogP contribution in [0.5, 0.6) is 0 Å². The molecule has 0 unspecified atom stereocenters. The number of hydrogen-bond acceptors (Lipinski definition) is 5. The van der Waals surface area contributed by atoms with Crippen LogP contribution in [0.15, 0.2) is 71.6 Å². The summed E-state index contributed by atoms with van der Waals surface area (Å²) in [5.41, 5.74) is 6.45. The lowest BCUT2D eigenvalue weighted by atomic mass is 10.1. The quantitative estimate of drug-likeness (QED) is 0.309. The first kappa shape index (κ1) is 26.3. The van der Waals surface area contributed by atoms with Gasteiger partial charge in [-0.15, -0.1) is 0 Å². The molecule has 194 valence electrons. The van der Waals surface area contributed by atoms with Gasteiger partial charge in [0.2, 0.25) is 21.8 Å². The number of amides is 2. The molecule has 4 N–H and O–H groups in total. The molecule has 10 heteroatoms. The third-order valence-electron chi connectivity index (χ3n) is 6.58. The van der Waals surface area contributed by atoms with E-state index in [4.69, 9.17) is 11.1 Å². The van der Waals surface area contributed by atoms with Crippen molar-refractivity contribution in [2.45, 2.75) is 37.1 Å². The van der Waals surface area contributed by atoms with Gasteiger partial charge in [-0.25, -0.2) is 13.1 Å². The number of benzene rings is 3. The maximum atomic E-state index is 13.4. The molecule has 0 radical (unpaired) electrons. The Hall–Kier alpha value is -3.76. The molecular weight excluding hydrogens is 490 g/mol. The van der Waals surface area contributed by atoms with Crippen LogP contribution in [0.2, 0.25) is 0 Å². The molecule has 9 nitrogen and oxygen atoms in total. The zero-order chi connectivity index (χ0) is 26.6. The van der Waals surface area contributed by atoms with Gasteiger partial charge in [0, 0.05) is 24.3 Å². The molecule has 37 heavy (non-hydrogen) atoms. The Balaban J connectivity index is 1.57. The topological polar surface area (TPSA) is 137 Å². The number of nitrogens with one attached hydrogen (secondary N) is 2. The fraction of sp³-hybridized carbons (Fsp3) is 0.296. The second kappa shape index (κ2) is 11.1. The molecular formula is C27H31N5O4S. The molecule has 2 amide bonds. The van der Waals surface area contributed by atoms with Crippen molar-refractivity contribution >= 4 is 44.1 Å². The van der Waals surface area contributed by atoms with Crippen molar-refractivity contribution in [3.63, 3.8) is 0 Å². The SMILES string of the molecule is C[C@@H](C(=O)N1CCCCC1)N(C(=O)CNS(=O)(=O)c1ccc2ccccc2c1)c1ccc(C(=N)N)cc1. The van der Waals surface area contributed by atoms with Gasteiger partial charge in [0.15, 0.2) is 0 Å². The van der Waals surface area contributed by atoms with Crippen molar-refractivity contribution in [2.75, 3.05) is 24.5 Å². The molecule has 0 aromatic heterocycles. The van der Waals surface area contributed by atoms with Gasteiger partial charge in [-0.2, -0.15) is 0 Å². The first-order valence-electron chi connectivity index (χ1n) is 12.2. The second-order valence-electron chi connectivity index (χ2n) is 9.12. The Morgan fingerprint density at radius 1 is 1.00 bits per heavy atom. The number of amidine groups is 1. The first-order chi connectivity index (χ1) is 17.7. The summed E-state index contributed by atoms with van der Waals surface area (Å²) in [6.07, 6.45) is 2.88. The van der Waals surface area contributed by atoms with Crippen LogP contribution in [-0.2, 0) is 19.6 Å². The van der Waals surface area contributed by atoms with Gasteiger partial charge in [-0.1, -0.05) is 30.3 Å². The number of hydrogen-bond donors (Lipinski definition) is 3. The Morgan fingerprint density at radius 3 is 2.30 bits per heavy atom. The number of carbonyl (C=O) groups excluding carboxylic acids is 2. The highest BCUT2D eigenvalue weighted by molar-refractivity contribution is 7.89. The molecule has 3 aromatic carbocycles. The molecule has 1 heterocycles. The Labute approximate surface area is 216 Å². The van der Waals surface area contributed by atoms with E-state index in [2.05, 4.69) is 4.72 Å². The van der Waals surface area contributed by atoms with Gasteiger partial charge < -0.3 is 10.6 Å². The fourth-order valence-electron chi connectivity index (χ4n) is 4.53. The number of piperidine rings is 1. The standard InChI is InChI=1S/C27H31N5O4S/c1-19(27(34)31-15-5-2-6-16-31)32(23-12-9-21(10-13-23)26(28)29)25(33)18-30-37(35,36)24-14-11-20-7-3-4-8-22(20)17-24/h3-4,7-14,17,19,30H,2,5-6,15-16,18H2,1H3,(H3,28,29)/t19-/m0/s1. The van der Waals surface area contributed by atoms with Crippen molar-refractivity contribution in [3.05, 3.63) is 72.3 Å². The normalized spacial score (nSPS) is 14.8. The van der Waals surface area contributed by atoms with E-state index in [1.54, 1.807) is 48.2 Å². The first-order valence-corrected chi connectivity index (χ1v) is 13.7. The third-order valence-corrected chi connectivity index (χ3v) is 7.98. The van der Waals surface area contributed by atoms with Crippen LogP contribution in [0.3, 0.4) is 0 Å². The summed E-state index contributed by atoms with van der Waals surface area (Å²) in [4.78, 5) is 29.8. The Morgan fingerprint density at radius 2 is 1.65 bits per heavy atom. The van der Waals surface area contributed by atoms with Crippen molar-refractivity contribution in [2.24, 2.45) is 5.73 Å². The molecule has 1 aliphatic rings. The number of sulfonamides is 1. The van der Waals surface area contributed by atoms with Gasteiger partial charge in [-0.05, 0) is 73.4 Å². The van der Waals surface area contributed by atoms with Crippen LogP contribution in [-0.4, -0.2) is 56.6 Å². The fourth-order valence-corrected chi connectivity index (χ4v) is 5.54. The summed E-state index contributed by atoms with van der Waals surface area (Å²) in [5.74, 6) is -0.885. The lowest BCUT2D eigenvalue weighted by molar-refractivity contribution is -0.134. The monoisotopic (exact) mass is 521 g/mol. The van der Waals surface area contributed by atoms with Crippen molar-refractivity contribution in [3.8, 4) is 0 Å². The van der Waals surface area contributed by atoms with E-state index >= 15 is 0 Å². The van der Waals surface area contributed by atoms with Gasteiger partial charge in [-0.3, -0.25) is 19.9 Å². The molecule has 0 saturated carbocycles. The molecule has 3 aromatic rings. The summed E-state index contributed by atoms with van der Waals surface area (Å²) in [6.45, 7) is 2.37. The molecule has 1 saturated heterocycles. The zero-order valence-electron chi connectivity index (χ0n) is 20.7. The smallest absolute Gasteiger partial charge is 0.245 e. The van der Waals surface area contributed by atoms with Crippen LogP contribution in [0.1, 0.15) is 31.7 Å². The highest BCUT2D eigenvalue weighted by atomic mass is 32.2. The summed E-state index contributed by atoms with van der Waals surface area (Å²) in [7, 11) is -3.98. The molecule has 1 atom stereocenters. The lowest BCUT2D eigenvalue weighted by Gasteiger charge is -2.34. The number of carbonyl (C=O) groups is 2. The van der Waals surface area contributed by atoms with E-state index < -0.39 is 28.5 Å². The van der Waals surface area contributed by atoms with Gasteiger partial charge in [0.25, 0.3) is 0 Å². The summed E-state index contributed by atoms with van der Waals surface area (Å²) < 4.78 is 28.4. The molecule has 0 bridgehead atoms. The van der Waals surface area contributed by atoms with Crippen molar-refractivity contribution in [1.82, 2.24) is 9.62 Å². The van der Waals surface area contributed by atoms with Crippen LogP contribution in [0.25, 0.3) is 10.8 Å². The van der Waals surface area contributed by atoms with E-state index in [-0.39, 0.29) is 16.6 Å². The third kappa shape index (κ3) is 5.98. The van der Waals surface area contributed by atoms with Gasteiger partial charge in [0.1, 0.15) is 11.9 Å². The maximum Gasteiger partial charge on any atom is 0.245 e. The molecule has 0 aliphatic carbocycles. The molecule has 0 spiro atoms. The Bertz CT molecular complexity index is 1420. The number of fused-ring (bicyclic) bond motifs is 1. The summed E-state index contributed by atoms with van der Waals surface area (Å²) in [6, 6.07) is 17.7. The van der Waals surface area contributed by atoms with Crippen molar-refractivity contribution < 1.29 is 18.0 Å². The van der Waals surface area contributed by atoms with Crippen LogP contribution < -0.4 is 15.4 Å². The molecule has 1 fully saturated rings. The Kier molecular flexibility index (Phi) is 7.89. The predicted octanol–water partition coefficient (Wildman–Crippen LogP) is 2.84. The van der Waals surface area contributed by atoms with E-state index in [1.807, 2.05) is 24.3 Å². The predicted molar refractivity (Wildman–Crippen MR) is 144 cm³/mol. The number of rotatable bonds is 8. The summed E-state index contributed by atoms with van der Waals surface area (Å²) >= 11 is 0. The number of anilines is 1. The number of nitrogens with zero attached hydrogens (tertiary/aromatic N) is 2. The minimum Gasteiger partial charge on any atom is -0.384 e. The van der Waals surface area contributed by atoms with E-state index in [0.29, 0.717) is 24.3 Å². The highest BCUT2D eigenvalue weighted by Gasteiger charge is 2.32. The van der Waals surface area contributed by atoms with E-state index in [0.717, 1.165) is 30.0 Å². The highest BCUT2D eigenvalue weighted by Crippen LogP contribution is 2.22. The van der Waals surface area contributed by atoms with Gasteiger partial charge in [0.05, 0.1) is 11.4 Å². The zero-order valence-corrected chi connectivity index (χ0v) is 21.5.